The van der Waals surface area contributed by atoms with E-state index in [1.165, 1.54) is 4.90 Å². The van der Waals surface area contributed by atoms with Gasteiger partial charge in [-0.15, -0.1) is 0 Å². The molecule has 6 nitrogen and oxygen atoms in total. The number of carbonyl (C=O) groups is 2. The molecule has 1 aliphatic heterocycles. The molecule has 0 aliphatic carbocycles. The van der Waals surface area contributed by atoms with Gasteiger partial charge in [0.25, 0.3) is 11.1 Å². The number of aryl methyl sites for hydroxylation is 1. The van der Waals surface area contributed by atoms with Crippen molar-refractivity contribution in [1.29, 1.82) is 5.26 Å². The third-order valence-electron chi connectivity index (χ3n) is 6.51. The Morgan fingerprint density at radius 2 is 1.72 bits per heavy atom. The normalized spacial score (nSPS) is 14.2. The van der Waals surface area contributed by atoms with Gasteiger partial charge in [-0.05, 0) is 96.9 Å². The van der Waals surface area contributed by atoms with Gasteiger partial charge in [-0.2, -0.15) is 5.26 Å². The summed E-state index contributed by atoms with van der Waals surface area (Å²) in [7, 11) is 0. The molecule has 0 radical (unpaired) electrons. The van der Waals surface area contributed by atoms with E-state index in [-0.39, 0.29) is 17.7 Å². The van der Waals surface area contributed by atoms with Crippen molar-refractivity contribution in [3.8, 4) is 17.5 Å². The van der Waals surface area contributed by atoms with Crippen LogP contribution in [0.25, 0.3) is 11.8 Å². The maximum atomic E-state index is 13.1. The molecule has 3 aromatic carbocycles. The fourth-order valence-electron chi connectivity index (χ4n) is 4.48. The predicted octanol–water partition coefficient (Wildman–Crippen LogP) is 7.43. The maximum Gasteiger partial charge on any atom is 0.293 e. The second-order valence-electron chi connectivity index (χ2n) is 9.11. The van der Waals surface area contributed by atoms with Crippen molar-refractivity contribution in [3.05, 3.63) is 122 Å². The van der Waals surface area contributed by atoms with Gasteiger partial charge >= 0.3 is 0 Å². The minimum atomic E-state index is -0.357. The average Bonchev–Trinajstić information content (AvgIpc) is 3.37. The molecule has 1 aromatic heterocycles. The van der Waals surface area contributed by atoms with Crippen molar-refractivity contribution in [2.45, 2.75) is 27.0 Å². The summed E-state index contributed by atoms with van der Waals surface area (Å²) < 4.78 is 8.01. The topological polar surface area (TPSA) is 75.3 Å². The van der Waals surface area contributed by atoms with E-state index in [1.807, 2.05) is 68.4 Å². The summed E-state index contributed by atoms with van der Waals surface area (Å²) in [4.78, 5) is 27.4. The summed E-state index contributed by atoms with van der Waals surface area (Å²) in [6, 6.07) is 26.5. The molecule has 0 spiro atoms. The molecular formula is C31H24ClN3O3S. The Kier molecular flexibility index (Phi) is 7.60. The highest BCUT2D eigenvalue weighted by Crippen LogP contribution is 2.35. The van der Waals surface area contributed by atoms with E-state index < -0.39 is 0 Å². The molecule has 5 rings (SSSR count). The lowest BCUT2D eigenvalue weighted by atomic mass is 10.1. The first-order valence-electron chi connectivity index (χ1n) is 12.2. The predicted molar refractivity (Wildman–Crippen MR) is 154 cm³/mol. The lowest BCUT2D eigenvalue weighted by Crippen LogP contribution is -2.27. The standard InChI is InChI=1S/C31H24ClN3O3S/c1-20-15-25(16-29-30(36)34(31(37)39-29)18-24-6-4-3-5-23(24)17-33)21(2)35(20)27-11-13-28(14-12-27)38-19-22-7-9-26(32)10-8-22/h3-16H,18-19H2,1-2H3/b29-16+. The fraction of sp³-hybridized carbons (Fsp3) is 0.129. The first-order chi connectivity index (χ1) is 18.8. The zero-order valence-electron chi connectivity index (χ0n) is 21.3. The van der Waals surface area contributed by atoms with Crippen LogP contribution in [0, 0.1) is 25.2 Å². The van der Waals surface area contributed by atoms with Gasteiger partial charge in [-0.1, -0.05) is 41.9 Å². The Balaban J connectivity index is 1.32. The number of nitrogens with zero attached hydrogens (tertiary/aromatic N) is 3. The van der Waals surface area contributed by atoms with Crippen LogP contribution in [0.3, 0.4) is 0 Å². The Bertz CT molecular complexity index is 1630. The lowest BCUT2D eigenvalue weighted by molar-refractivity contribution is -0.123. The number of imide groups is 1. The number of carbonyl (C=O) groups excluding carboxylic acids is 2. The van der Waals surface area contributed by atoms with Gasteiger partial charge < -0.3 is 9.30 Å². The van der Waals surface area contributed by atoms with E-state index in [0.717, 1.165) is 45.7 Å². The largest absolute Gasteiger partial charge is 0.489 e. The molecule has 0 unspecified atom stereocenters. The molecule has 2 heterocycles. The van der Waals surface area contributed by atoms with E-state index in [1.54, 1.807) is 30.3 Å². The molecule has 0 atom stereocenters. The van der Waals surface area contributed by atoms with Gasteiger partial charge in [-0.25, -0.2) is 0 Å². The smallest absolute Gasteiger partial charge is 0.293 e. The van der Waals surface area contributed by atoms with Crippen LogP contribution < -0.4 is 4.74 Å². The van der Waals surface area contributed by atoms with E-state index >= 15 is 0 Å². The maximum absolute atomic E-state index is 13.1. The van der Waals surface area contributed by atoms with Gasteiger partial charge in [0.1, 0.15) is 12.4 Å². The van der Waals surface area contributed by atoms with Gasteiger partial charge in [0.2, 0.25) is 0 Å². The molecule has 39 heavy (non-hydrogen) atoms. The highest BCUT2D eigenvalue weighted by molar-refractivity contribution is 8.18. The molecule has 0 saturated carbocycles. The van der Waals surface area contributed by atoms with Crippen LogP contribution in [-0.4, -0.2) is 20.6 Å². The number of ether oxygens (including phenoxy) is 1. The van der Waals surface area contributed by atoms with Crippen molar-refractivity contribution >= 4 is 40.6 Å². The summed E-state index contributed by atoms with van der Waals surface area (Å²) in [5, 5.41) is 9.70. The molecule has 4 aromatic rings. The molecule has 194 valence electrons. The summed E-state index contributed by atoms with van der Waals surface area (Å²) in [5.74, 6) is 0.396. The van der Waals surface area contributed by atoms with Gasteiger partial charge in [0.15, 0.2) is 0 Å². The highest BCUT2D eigenvalue weighted by Gasteiger charge is 2.35. The van der Waals surface area contributed by atoms with E-state index in [9.17, 15) is 14.9 Å². The summed E-state index contributed by atoms with van der Waals surface area (Å²) in [5.41, 5.74) is 5.89. The first kappa shape index (κ1) is 26.4. The number of hydrogen-bond donors (Lipinski definition) is 0. The molecule has 0 N–H and O–H groups in total. The highest BCUT2D eigenvalue weighted by atomic mass is 35.5. The van der Waals surface area contributed by atoms with Crippen molar-refractivity contribution in [2.75, 3.05) is 0 Å². The summed E-state index contributed by atoms with van der Waals surface area (Å²) in [6.07, 6.45) is 1.77. The number of benzene rings is 3. The third-order valence-corrected chi connectivity index (χ3v) is 7.67. The zero-order valence-corrected chi connectivity index (χ0v) is 22.9. The van der Waals surface area contributed by atoms with Crippen molar-refractivity contribution in [2.24, 2.45) is 0 Å². The number of rotatable bonds is 7. The number of hydrogen-bond acceptors (Lipinski definition) is 5. The van der Waals surface area contributed by atoms with Crippen LogP contribution in [0.4, 0.5) is 4.79 Å². The van der Waals surface area contributed by atoms with Crippen molar-refractivity contribution in [3.63, 3.8) is 0 Å². The summed E-state index contributed by atoms with van der Waals surface area (Å²) >= 11 is 6.87. The van der Waals surface area contributed by atoms with Crippen LogP contribution in [0.15, 0.2) is 83.8 Å². The molecule has 1 aliphatic rings. The van der Waals surface area contributed by atoms with E-state index in [4.69, 9.17) is 16.3 Å². The second kappa shape index (κ2) is 11.2. The fourth-order valence-corrected chi connectivity index (χ4v) is 5.44. The Labute approximate surface area is 236 Å². The van der Waals surface area contributed by atoms with E-state index in [2.05, 4.69) is 10.6 Å². The summed E-state index contributed by atoms with van der Waals surface area (Å²) in [6.45, 7) is 4.49. The Morgan fingerprint density at radius 3 is 2.44 bits per heavy atom. The van der Waals surface area contributed by atoms with Crippen LogP contribution in [0.1, 0.15) is 33.6 Å². The quantitative estimate of drug-likeness (QED) is 0.222. The van der Waals surface area contributed by atoms with Crippen LogP contribution in [0.5, 0.6) is 5.75 Å². The Hall–Kier alpha value is -4.25. The zero-order chi connectivity index (χ0) is 27.5. The number of thioether (sulfide) groups is 1. The average molecular weight is 554 g/mol. The second-order valence-corrected chi connectivity index (χ2v) is 10.5. The van der Waals surface area contributed by atoms with Gasteiger partial charge in [0, 0.05) is 22.1 Å². The molecule has 8 heteroatoms. The number of amides is 2. The minimum absolute atomic E-state index is 0.0667. The molecule has 0 bridgehead atoms. The number of aromatic nitrogens is 1. The molecule has 1 saturated heterocycles. The monoisotopic (exact) mass is 553 g/mol. The van der Waals surface area contributed by atoms with Crippen LogP contribution in [-0.2, 0) is 17.9 Å². The molecule has 1 fully saturated rings. The third kappa shape index (κ3) is 5.63. The SMILES string of the molecule is Cc1cc(/C=C2/SC(=O)N(Cc3ccccc3C#N)C2=O)c(C)n1-c1ccc(OCc2ccc(Cl)cc2)cc1. The van der Waals surface area contributed by atoms with E-state index in [0.29, 0.717) is 27.7 Å². The van der Waals surface area contributed by atoms with Crippen LogP contribution >= 0.6 is 23.4 Å². The minimum Gasteiger partial charge on any atom is -0.489 e. The first-order valence-corrected chi connectivity index (χ1v) is 13.4. The lowest BCUT2D eigenvalue weighted by Gasteiger charge is -2.13. The molecular weight excluding hydrogens is 530 g/mol. The van der Waals surface area contributed by atoms with Crippen LogP contribution in [0.2, 0.25) is 5.02 Å². The number of halogens is 1. The Morgan fingerprint density at radius 1 is 1.00 bits per heavy atom. The number of nitriles is 1. The van der Waals surface area contributed by atoms with Gasteiger partial charge in [-0.3, -0.25) is 14.5 Å². The van der Waals surface area contributed by atoms with Gasteiger partial charge in [0.05, 0.1) is 23.1 Å². The van der Waals surface area contributed by atoms with Crippen molar-refractivity contribution < 1.29 is 14.3 Å². The molecule has 2 amide bonds. The van der Waals surface area contributed by atoms with Crippen molar-refractivity contribution in [1.82, 2.24) is 9.47 Å².